The normalized spacial score (nSPS) is 24.5. The third kappa shape index (κ3) is 4.58. The molecule has 2 saturated heterocycles. The molecule has 22 heavy (non-hydrogen) atoms. The zero-order valence-corrected chi connectivity index (χ0v) is 13.6. The summed E-state index contributed by atoms with van der Waals surface area (Å²) < 4.78 is 10.7. The van der Waals surface area contributed by atoms with Gasteiger partial charge in [0.25, 0.3) is 0 Å². The van der Waals surface area contributed by atoms with Crippen molar-refractivity contribution in [3.05, 3.63) is 0 Å². The van der Waals surface area contributed by atoms with E-state index in [0.29, 0.717) is 19.7 Å². The molecule has 2 rings (SSSR count). The van der Waals surface area contributed by atoms with Crippen LogP contribution < -0.4 is 5.32 Å². The third-order valence-corrected chi connectivity index (χ3v) is 3.80. The van der Waals surface area contributed by atoms with Gasteiger partial charge in [0, 0.05) is 25.7 Å². The first-order chi connectivity index (χ1) is 10.2. The van der Waals surface area contributed by atoms with Gasteiger partial charge in [0.2, 0.25) is 0 Å². The summed E-state index contributed by atoms with van der Waals surface area (Å²) in [6.45, 7) is 7.49. The van der Waals surface area contributed by atoms with E-state index in [1.807, 2.05) is 20.8 Å². The van der Waals surface area contributed by atoms with Gasteiger partial charge in [0.15, 0.2) is 0 Å². The predicted octanol–water partition coefficient (Wildman–Crippen LogP) is 1.22. The van der Waals surface area contributed by atoms with Gasteiger partial charge in [-0.1, -0.05) is 0 Å². The van der Waals surface area contributed by atoms with E-state index in [0.717, 1.165) is 19.4 Å². The molecule has 2 fully saturated rings. The molecule has 0 spiro atoms. The van der Waals surface area contributed by atoms with Crippen molar-refractivity contribution >= 4 is 12.1 Å². The minimum atomic E-state index is -0.868. The van der Waals surface area contributed by atoms with Gasteiger partial charge in [-0.25, -0.2) is 4.79 Å². The molecule has 2 aliphatic rings. The van der Waals surface area contributed by atoms with Crippen LogP contribution in [-0.4, -0.2) is 65.6 Å². The van der Waals surface area contributed by atoms with Gasteiger partial charge in [-0.15, -0.1) is 0 Å². The number of aliphatic carboxylic acids is 1. The van der Waals surface area contributed by atoms with Gasteiger partial charge in [-0.2, -0.15) is 0 Å². The minimum Gasteiger partial charge on any atom is -0.481 e. The van der Waals surface area contributed by atoms with E-state index in [1.54, 1.807) is 4.90 Å². The fourth-order valence-corrected chi connectivity index (χ4v) is 2.97. The van der Waals surface area contributed by atoms with Gasteiger partial charge in [0.05, 0.1) is 18.6 Å². The standard InChI is InChI=1S/C15H26N2O5/c1-14(2,3)22-13(20)17-9-15(10-17,7-12(18)19)16-11-5-4-6-21-8-11/h11,16H,4-10H2,1-3H3,(H,18,19). The molecule has 2 aliphatic heterocycles. The molecule has 7 nitrogen and oxygen atoms in total. The second kappa shape index (κ2) is 6.42. The van der Waals surface area contributed by atoms with Gasteiger partial charge >= 0.3 is 12.1 Å². The molecule has 0 bridgehead atoms. The number of carbonyl (C=O) groups excluding carboxylic acids is 1. The maximum atomic E-state index is 12.0. The molecule has 0 aromatic carbocycles. The number of carbonyl (C=O) groups is 2. The average molecular weight is 314 g/mol. The van der Waals surface area contributed by atoms with E-state index < -0.39 is 23.2 Å². The Hall–Kier alpha value is -1.34. The lowest BCUT2D eigenvalue weighted by molar-refractivity contribution is -0.141. The SMILES string of the molecule is CC(C)(C)OC(=O)N1CC(CC(=O)O)(NC2CCCOC2)C1. The van der Waals surface area contributed by atoms with Gasteiger partial charge in [-0.05, 0) is 33.6 Å². The number of likely N-dealkylation sites (tertiary alicyclic amines) is 1. The number of hydrogen-bond acceptors (Lipinski definition) is 5. The summed E-state index contributed by atoms with van der Waals surface area (Å²) in [5.74, 6) is -0.868. The lowest BCUT2D eigenvalue weighted by atomic mass is 9.85. The van der Waals surface area contributed by atoms with Crippen molar-refractivity contribution in [2.75, 3.05) is 26.3 Å². The van der Waals surface area contributed by atoms with E-state index in [-0.39, 0.29) is 12.5 Å². The fourth-order valence-electron chi connectivity index (χ4n) is 2.97. The van der Waals surface area contributed by atoms with E-state index in [1.165, 1.54) is 0 Å². The molecule has 2 N–H and O–H groups in total. The Morgan fingerprint density at radius 1 is 1.41 bits per heavy atom. The van der Waals surface area contributed by atoms with Gasteiger partial charge in [0.1, 0.15) is 5.60 Å². The smallest absolute Gasteiger partial charge is 0.410 e. The Balaban J connectivity index is 1.92. The first-order valence-corrected chi connectivity index (χ1v) is 7.74. The largest absolute Gasteiger partial charge is 0.481 e. The molecular formula is C15H26N2O5. The van der Waals surface area contributed by atoms with Gasteiger partial charge in [-0.3, -0.25) is 4.79 Å². The molecule has 1 unspecified atom stereocenters. The van der Waals surface area contributed by atoms with Crippen molar-refractivity contribution in [1.82, 2.24) is 10.2 Å². The maximum absolute atomic E-state index is 12.0. The molecule has 1 amide bonds. The number of carboxylic acids is 1. The zero-order chi connectivity index (χ0) is 16.4. The van der Waals surface area contributed by atoms with E-state index in [9.17, 15) is 9.59 Å². The highest BCUT2D eigenvalue weighted by Crippen LogP contribution is 2.28. The second-order valence-electron chi connectivity index (χ2n) is 7.25. The van der Waals surface area contributed by atoms with Gasteiger partial charge < -0.3 is 24.8 Å². The number of carboxylic acid groups (broad SMARTS) is 1. The molecule has 0 aliphatic carbocycles. The summed E-state index contributed by atoms with van der Waals surface area (Å²) in [4.78, 5) is 24.7. The lowest BCUT2D eigenvalue weighted by Crippen LogP contribution is -2.73. The molecule has 0 saturated carbocycles. The third-order valence-electron chi connectivity index (χ3n) is 3.80. The summed E-state index contributed by atoms with van der Waals surface area (Å²) in [7, 11) is 0. The van der Waals surface area contributed by atoms with E-state index >= 15 is 0 Å². The zero-order valence-electron chi connectivity index (χ0n) is 13.6. The number of hydrogen-bond donors (Lipinski definition) is 2. The lowest BCUT2D eigenvalue weighted by Gasteiger charge is -2.51. The Bertz CT molecular complexity index is 420. The van der Waals surface area contributed by atoms with Crippen LogP contribution in [0, 0.1) is 0 Å². The number of nitrogens with one attached hydrogen (secondary N) is 1. The molecule has 0 aromatic rings. The summed E-state index contributed by atoms with van der Waals surface area (Å²) in [6, 6.07) is 0.147. The number of nitrogens with zero attached hydrogens (tertiary/aromatic N) is 1. The number of ether oxygens (including phenoxy) is 2. The van der Waals surface area contributed by atoms with Crippen LogP contribution in [0.25, 0.3) is 0 Å². The predicted molar refractivity (Wildman–Crippen MR) is 79.8 cm³/mol. The monoisotopic (exact) mass is 314 g/mol. The van der Waals surface area contributed by atoms with Crippen LogP contribution in [-0.2, 0) is 14.3 Å². The second-order valence-corrected chi connectivity index (χ2v) is 7.25. The molecule has 1 atom stereocenters. The molecule has 0 radical (unpaired) electrons. The minimum absolute atomic E-state index is 0.0111. The van der Waals surface area contributed by atoms with Crippen LogP contribution in [0.15, 0.2) is 0 Å². The number of rotatable bonds is 4. The molecule has 7 heteroatoms. The van der Waals surface area contributed by atoms with Crippen LogP contribution in [0.4, 0.5) is 4.79 Å². The Morgan fingerprint density at radius 2 is 2.09 bits per heavy atom. The summed E-state index contributed by atoms with van der Waals surface area (Å²) >= 11 is 0. The van der Waals surface area contributed by atoms with Crippen molar-refractivity contribution in [2.24, 2.45) is 0 Å². The van der Waals surface area contributed by atoms with Crippen molar-refractivity contribution < 1.29 is 24.2 Å². The Kier molecular flexibility index (Phi) is 4.97. The van der Waals surface area contributed by atoms with Crippen LogP contribution in [0.3, 0.4) is 0 Å². The van der Waals surface area contributed by atoms with Crippen LogP contribution >= 0.6 is 0 Å². The van der Waals surface area contributed by atoms with Crippen molar-refractivity contribution in [3.63, 3.8) is 0 Å². The highest BCUT2D eigenvalue weighted by atomic mass is 16.6. The fraction of sp³-hybridized carbons (Fsp3) is 0.867. The molecule has 2 heterocycles. The van der Waals surface area contributed by atoms with E-state index in [4.69, 9.17) is 14.6 Å². The summed E-state index contributed by atoms with van der Waals surface area (Å²) in [5, 5.41) is 12.5. The highest BCUT2D eigenvalue weighted by molar-refractivity contribution is 5.73. The van der Waals surface area contributed by atoms with E-state index in [2.05, 4.69) is 5.32 Å². The molecular weight excluding hydrogens is 288 g/mol. The number of amides is 1. The van der Waals surface area contributed by atoms with Crippen LogP contribution in [0.2, 0.25) is 0 Å². The Morgan fingerprint density at radius 3 is 2.59 bits per heavy atom. The summed E-state index contributed by atoms with van der Waals surface area (Å²) in [6.07, 6.45) is 1.53. The van der Waals surface area contributed by atoms with Crippen molar-refractivity contribution in [1.29, 1.82) is 0 Å². The van der Waals surface area contributed by atoms with Crippen LogP contribution in [0.5, 0.6) is 0 Å². The first-order valence-electron chi connectivity index (χ1n) is 7.74. The topological polar surface area (TPSA) is 88.1 Å². The van der Waals surface area contributed by atoms with Crippen molar-refractivity contribution in [3.8, 4) is 0 Å². The van der Waals surface area contributed by atoms with Crippen molar-refractivity contribution in [2.45, 2.75) is 57.2 Å². The first kappa shape index (κ1) is 17.0. The molecule has 0 aromatic heterocycles. The van der Waals surface area contributed by atoms with Crippen LogP contribution in [0.1, 0.15) is 40.0 Å². The highest BCUT2D eigenvalue weighted by Gasteiger charge is 2.48. The average Bonchev–Trinajstić information content (AvgIpc) is 2.33. The Labute approximate surface area is 130 Å². The quantitative estimate of drug-likeness (QED) is 0.811. The maximum Gasteiger partial charge on any atom is 0.410 e. The summed E-state index contributed by atoms with van der Waals surface area (Å²) in [5.41, 5.74) is -1.12. The molecule has 126 valence electrons.